The van der Waals surface area contributed by atoms with Crippen molar-refractivity contribution in [1.29, 1.82) is 0 Å². The van der Waals surface area contributed by atoms with Crippen LogP contribution in [0.4, 0.5) is 0 Å². The number of likely N-dealkylation sites (tertiary alicyclic amines) is 1. The van der Waals surface area contributed by atoms with Crippen molar-refractivity contribution in [2.45, 2.75) is 57.0 Å². The van der Waals surface area contributed by atoms with E-state index in [0.29, 0.717) is 12.0 Å². The molecule has 2 saturated carbocycles. The van der Waals surface area contributed by atoms with Crippen molar-refractivity contribution in [1.82, 2.24) is 15.4 Å². The second-order valence-corrected chi connectivity index (χ2v) is 6.83. The van der Waals surface area contributed by atoms with Crippen molar-refractivity contribution < 1.29 is 9.32 Å². The summed E-state index contributed by atoms with van der Waals surface area (Å²) in [5.74, 6) is 2.17. The van der Waals surface area contributed by atoms with E-state index in [2.05, 4.69) is 21.4 Å². The van der Waals surface area contributed by atoms with Gasteiger partial charge >= 0.3 is 0 Å². The molecule has 0 atom stereocenters. The Labute approximate surface area is 125 Å². The smallest absolute Gasteiger partial charge is 0.223 e. The van der Waals surface area contributed by atoms with Crippen molar-refractivity contribution in [3.05, 3.63) is 17.5 Å². The van der Waals surface area contributed by atoms with Crippen LogP contribution in [0, 0.1) is 5.92 Å². The van der Waals surface area contributed by atoms with Gasteiger partial charge in [0.1, 0.15) is 5.76 Å². The van der Waals surface area contributed by atoms with Gasteiger partial charge in [0, 0.05) is 30.5 Å². The molecule has 114 valence electrons. The number of hydrogen-bond donors (Lipinski definition) is 1. The molecule has 2 heterocycles. The summed E-state index contributed by atoms with van der Waals surface area (Å²) >= 11 is 0. The first-order chi connectivity index (χ1) is 10.3. The summed E-state index contributed by atoms with van der Waals surface area (Å²) in [4.78, 5) is 14.4. The molecule has 1 saturated heterocycles. The molecule has 4 rings (SSSR count). The van der Waals surface area contributed by atoms with Crippen LogP contribution in [-0.2, 0) is 11.3 Å². The molecule has 0 radical (unpaired) electrons. The maximum absolute atomic E-state index is 12.0. The van der Waals surface area contributed by atoms with Gasteiger partial charge in [0.05, 0.1) is 5.69 Å². The second-order valence-electron chi connectivity index (χ2n) is 6.83. The maximum atomic E-state index is 12.0. The summed E-state index contributed by atoms with van der Waals surface area (Å²) in [6.45, 7) is 2.82. The number of rotatable bonds is 5. The molecule has 1 aromatic heterocycles. The fourth-order valence-electron chi connectivity index (χ4n) is 3.09. The third kappa shape index (κ3) is 3.28. The molecule has 2 aliphatic carbocycles. The van der Waals surface area contributed by atoms with E-state index >= 15 is 0 Å². The zero-order chi connectivity index (χ0) is 14.2. The van der Waals surface area contributed by atoms with Gasteiger partial charge < -0.3 is 9.84 Å². The Kier molecular flexibility index (Phi) is 3.45. The predicted octanol–water partition coefficient (Wildman–Crippen LogP) is 2.04. The molecule has 5 nitrogen and oxygen atoms in total. The van der Waals surface area contributed by atoms with E-state index in [-0.39, 0.29) is 11.8 Å². The first-order valence-corrected chi connectivity index (χ1v) is 8.26. The summed E-state index contributed by atoms with van der Waals surface area (Å²) < 4.78 is 5.40. The van der Waals surface area contributed by atoms with Gasteiger partial charge in [-0.15, -0.1) is 0 Å². The molecule has 1 N–H and O–H groups in total. The van der Waals surface area contributed by atoms with E-state index in [4.69, 9.17) is 4.52 Å². The summed E-state index contributed by atoms with van der Waals surface area (Å²) in [6, 6.07) is 2.59. The Morgan fingerprint density at radius 2 is 2.00 bits per heavy atom. The van der Waals surface area contributed by atoms with Crippen molar-refractivity contribution in [3.8, 4) is 0 Å². The van der Waals surface area contributed by atoms with Gasteiger partial charge in [-0.2, -0.15) is 0 Å². The molecule has 1 amide bonds. The lowest BCUT2D eigenvalue weighted by molar-refractivity contribution is -0.126. The van der Waals surface area contributed by atoms with Crippen LogP contribution in [0.5, 0.6) is 0 Å². The highest BCUT2D eigenvalue weighted by molar-refractivity contribution is 5.79. The Morgan fingerprint density at radius 3 is 2.67 bits per heavy atom. The van der Waals surface area contributed by atoms with Gasteiger partial charge in [-0.1, -0.05) is 5.16 Å². The van der Waals surface area contributed by atoms with E-state index in [1.165, 1.54) is 25.7 Å². The third-order valence-corrected chi connectivity index (χ3v) is 4.82. The number of carbonyl (C=O) groups is 1. The van der Waals surface area contributed by atoms with Crippen LogP contribution in [-0.4, -0.2) is 35.1 Å². The van der Waals surface area contributed by atoms with E-state index in [1.54, 1.807) is 0 Å². The largest absolute Gasteiger partial charge is 0.361 e. The van der Waals surface area contributed by atoms with Crippen molar-refractivity contribution in [2.75, 3.05) is 13.1 Å². The quantitative estimate of drug-likeness (QED) is 0.901. The first-order valence-electron chi connectivity index (χ1n) is 8.26. The molecule has 0 bridgehead atoms. The van der Waals surface area contributed by atoms with Crippen LogP contribution < -0.4 is 5.32 Å². The zero-order valence-corrected chi connectivity index (χ0v) is 12.4. The molecule has 0 spiro atoms. The summed E-state index contributed by atoms with van der Waals surface area (Å²) in [7, 11) is 0. The number of amides is 1. The number of nitrogens with one attached hydrogen (secondary N) is 1. The van der Waals surface area contributed by atoms with Crippen molar-refractivity contribution >= 4 is 5.91 Å². The summed E-state index contributed by atoms with van der Waals surface area (Å²) in [6.07, 6.45) is 6.75. The number of nitrogens with zero attached hydrogens (tertiary/aromatic N) is 2. The maximum Gasteiger partial charge on any atom is 0.223 e. The fraction of sp³-hybridized carbons (Fsp3) is 0.750. The van der Waals surface area contributed by atoms with Gasteiger partial charge in [-0.05, 0) is 51.6 Å². The number of hydrogen-bond acceptors (Lipinski definition) is 4. The minimum Gasteiger partial charge on any atom is -0.361 e. The van der Waals surface area contributed by atoms with Crippen molar-refractivity contribution in [2.24, 2.45) is 5.92 Å². The van der Waals surface area contributed by atoms with Crippen molar-refractivity contribution in [3.63, 3.8) is 0 Å². The van der Waals surface area contributed by atoms with Crippen LogP contribution in [0.15, 0.2) is 10.6 Å². The Hall–Kier alpha value is -1.36. The number of carbonyl (C=O) groups excluding carboxylic acids is 1. The molecule has 3 fully saturated rings. The topological polar surface area (TPSA) is 58.4 Å². The lowest BCUT2D eigenvalue weighted by Crippen LogP contribution is -2.40. The molecule has 3 aliphatic rings. The van der Waals surface area contributed by atoms with E-state index in [9.17, 15) is 4.79 Å². The van der Waals surface area contributed by atoms with E-state index < -0.39 is 0 Å². The van der Waals surface area contributed by atoms with Crippen LogP contribution >= 0.6 is 0 Å². The first kappa shape index (κ1) is 13.3. The zero-order valence-electron chi connectivity index (χ0n) is 12.4. The Bertz CT molecular complexity index is 511. The minimum absolute atomic E-state index is 0.209. The number of piperidine rings is 1. The summed E-state index contributed by atoms with van der Waals surface area (Å²) in [5, 5.41) is 7.30. The van der Waals surface area contributed by atoms with Crippen LogP contribution in [0.25, 0.3) is 0 Å². The van der Waals surface area contributed by atoms with Gasteiger partial charge in [-0.25, -0.2) is 0 Å². The molecule has 5 heteroatoms. The average molecular weight is 289 g/mol. The molecule has 0 unspecified atom stereocenters. The van der Waals surface area contributed by atoms with E-state index in [1.807, 2.05) is 0 Å². The highest BCUT2D eigenvalue weighted by atomic mass is 16.5. The molecule has 1 aromatic rings. The Morgan fingerprint density at radius 1 is 1.24 bits per heavy atom. The third-order valence-electron chi connectivity index (χ3n) is 4.82. The molecule has 21 heavy (non-hydrogen) atoms. The van der Waals surface area contributed by atoms with Gasteiger partial charge in [0.25, 0.3) is 0 Å². The second kappa shape index (κ2) is 5.44. The fourth-order valence-corrected chi connectivity index (χ4v) is 3.09. The summed E-state index contributed by atoms with van der Waals surface area (Å²) in [5.41, 5.74) is 1.04. The van der Waals surface area contributed by atoms with Crippen LogP contribution in [0.2, 0.25) is 0 Å². The number of aromatic nitrogens is 1. The highest BCUT2D eigenvalue weighted by Crippen LogP contribution is 2.40. The predicted molar refractivity (Wildman–Crippen MR) is 77.6 cm³/mol. The molecule has 1 aliphatic heterocycles. The standard InChI is InChI=1S/C16H23N3O2/c20-16(17-13-3-4-13)12-5-7-19(8-6-12)10-14-9-15(21-18-14)11-1-2-11/h9,11-13H,1-8,10H2,(H,17,20). The minimum atomic E-state index is 0.209. The molecular weight excluding hydrogens is 266 g/mol. The van der Waals surface area contributed by atoms with Crippen LogP contribution in [0.3, 0.4) is 0 Å². The van der Waals surface area contributed by atoms with Crippen LogP contribution in [0.1, 0.15) is 55.9 Å². The average Bonchev–Trinajstić information content (AvgIpc) is 3.41. The highest BCUT2D eigenvalue weighted by Gasteiger charge is 2.31. The Balaban J connectivity index is 1.25. The van der Waals surface area contributed by atoms with Gasteiger partial charge in [0.2, 0.25) is 5.91 Å². The molecule has 0 aromatic carbocycles. The molecular formula is C16H23N3O2. The lowest BCUT2D eigenvalue weighted by atomic mass is 9.96. The van der Waals surface area contributed by atoms with E-state index in [0.717, 1.165) is 43.9 Å². The van der Waals surface area contributed by atoms with Gasteiger partial charge in [-0.3, -0.25) is 9.69 Å². The normalized spacial score (nSPS) is 24.2. The SMILES string of the molecule is O=C(NC1CC1)C1CCN(Cc2cc(C3CC3)on2)CC1. The van der Waals surface area contributed by atoms with Gasteiger partial charge in [0.15, 0.2) is 0 Å². The lowest BCUT2D eigenvalue weighted by Gasteiger charge is -2.30. The monoisotopic (exact) mass is 289 g/mol.